The van der Waals surface area contributed by atoms with Gasteiger partial charge in [-0.15, -0.1) is 0 Å². The largest absolute Gasteiger partial charge is 0.323 e. The van der Waals surface area contributed by atoms with E-state index >= 15 is 0 Å². The van der Waals surface area contributed by atoms with Crippen LogP contribution in [0.2, 0.25) is 0 Å². The van der Waals surface area contributed by atoms with Gasteiger partial charge in [-0.1, -0.05) is 33.1 Å². The molecule has 1 aliphatic heterocycles. The number of carbonyl (C=O) groups excluding carboxylic acids is 1. The third-order valence-electron chi connectivity index (χ3n) is 4.76. The quantitative estimate of drug-likeness (QED) is 0.834. The number of amides is 1. The van der Waals surface area contributed by atoms with Crippen LogP contribution >= 0.6 is 0 Å². The first-order valence-corrected chi connectivity index (χ1v) is 7.77. The topological polar surface area (TPSA) is 32.3 Å². The van der Waals surface area contributed by atoms with Gasteiger partial charge in [-0.05, 0) is 38.5 Å². The zero-order valence-electron chi connectivity index (χ0n) is 12.1. The Balaban J connectivity index is 2.11. The van der Waals surface area contributed by atoms with E-state index in [1.165, 1.54) is 32.1 Å². The lowest BCUT2D eigenvalue weighted by Crippen LogP contribution is -2.48. The minimum Gasteiger partial charge on any atom is -0.323 e. The van der Waals surface area contributed by atoms with Crippen LogP contribution in [0.4, 0.5) is 0 Å². The number of carbonyl (C=O) groups is 1. The predicted molar refractivity (Wildman–Crippen MR) is 74.2 cm³/mol. The summed E-state index contributed by atoms with van der Waals surface area (Å²) in [6, 6.07) is 0.466. The van der Waals surface area contributed by atoms with Gasteiger partial charge in [0.1, 0.15) is 0 Å². The second kappa shape index (κ2) is 6.05. The summed E-state index contributed by atoms with van der Waals surface area (Å²) in [7, 11) is 0. The molecule has 3 nitrogen and oxygen atoms in total. The molecular weight excluding hydrogens is 224 g/mol. The number of rotatable bonds is 4. The van der Waals surface area contributed by atoms with Gasteiger partial charge in [-0.3, -0.25) is 10.1 Å². The monoisotopic (exact) mass is 252 g/mol. The Hall–Kier alpha value is -0.570. The molecule has 18 heavy (non-hydrogen) atoms. The fourth-order valence-corrected chi connectivity index (χ4v) is 3.80. The van der Waals surface area contributed by atoms with Crippen LogP contribution in [-0.4, -0.2) is 29.1 Å². The van der Waals surface area contributed by atoms with Crippen LogP contribution in [0, 0.1) is 5.92 Å². The summed E-state index contributed by atoms with van der Waals surface area (Å²) in [6.45, 7) is 6.41. The van der Waals surface area contributed by atoms with E-state index < -0.39 is 0 Å². The van der Waals surface area contributed by atoms with Crippen LogP contribution in [0.1, 0.15) is 65.7 Å². The molecule has 1 amide bonds. The van der Waals surface area contributed by atoms with Gasteiger partial charge in [0.2, 0.25) is 5.91 Å². The first kappa shape index (κ1) is 13.9. The second-order valence-electron chi connectivity index (χ2n) is 5.93. The van der Waals surface area contributed by atoms with E-state index in [0.29, 0.717) is 11.9 Å². The van der Waals surface area contributed by atoms with Gasteiger partial charge in [-0.2, -0.15) is 0 Å². The minimum absolute atomic E-state index is 0.00703. The molecule has 1 heterocycles. The van der Waals surface area contributed by atoms with Crippen LogP contribution < -0.4 is 5.32 Å². The van der Waals surface area contributed by atoms with Gasteiger partial charge in [0.05, 0.1) is 12.2 Å². The average molecular weight is 252 g/mol. The SMILES string of the molecule is CCC1NC(C)C(=O)N1C(CC)C1CCCCC1. The van der Waals surface area contributed by atoms with Crippen molar-refractivity contribution < 1.29 is 4.79 Å². The number of hydrogen-bond donors (Lipinski definition) is 1. The predicted octanol–water partition coefficient (Wildman–Crippen LogP) is 2.90. The number of nitrogens with one attached hydrogen (secondary N) is 1. The first-order chi connectivity index (χ1) is 8.69. The van der Waals surface area contributed by atoms with Crippen molar-refractivity contribution in [3.05, 3.63) is 0 Å². The van der Waals surface area contributed by atoms with Crippen molar-refractivity contribution in [3.8, 4) is 0 Å². The summed E-state index contributed by atoms with van der Waals surface area (Å²) >= 11 is 0. The summed E-state index contributed by atoms with van der Waals surface area (Å²) in [5.74, 6) is 1.05. The molecule has 104 valence electrons. The fourth-order valence-electron chi connectivity index (χ4n) is 3.80. The number of nitrogens with zero attached hydrogens (tertiary/aromatic N) is 1. The highest BCUT2D eigenvalue weighted by atomic mass is 16.2. The molecule has 1 aliphatic carbocycles. The average Bonchev–Trinajstić information content (AvgIpc) is 2.69. The van der Waals surface area contributed by atoms with Gasteiger partial charge in [0, 0.05) is 6.04 Å². The standard InChI is InChI=1S/C15H28N2O/c1-4-13(12-9-7-6-8-10-12)17-14(5-2)16-11(3)15(17)18/h11-14,16H,4-10H2,1-3H3. The molecule has 0 spiro atoms. The Labute approximate surface area is 111 Å². The van der Waals surface area contributed by atoms with Crippen LogP contribution in [0.3, 0.4) is 0 Å². The summed E-state index contributed by atoms with van der Waals surface area (Å²) in [4.78, 5) is 14.6. The molecule has 0 aromatic carbocycles. The lowest BCUT2D eigenvalue weighted by Gasteiger charge is -2.39. The zero-order chi connectivity index (χ0) is 13.1. The molecule has 2 fully saturated rings. The van der Waals surface area contributed by atoms with Crippen molar-refractivity contribution in [1.29, 1.82) is 0 Å². The molecule has 3 unspecified atom stereocenters. The van der Waals surface area contributed by atoms with E-state index in [-0.39, 0.29) is 12.2 Å². The molecule has 3 atom stereocenters. The molecule has 2 aliphatic rings. The van der Waals surface area contributed by atoms with Crippen molar-refractivity contribution in [2.24, 2.45) is 5.92 Å². The van der Waals surface area contributed by atoms with E-state index in [0.717, 1.165) is 18.8 Å². The van der Waals surface area contributed by atoms with Crippen LogP contribution in [-0.2, 0) is 4.79 Å². The van der Waals surface area contributed by atoms with Crippen molar-refractivity contribution in [1.82, 2.24) is 10.2 Å². The Morgan fingerprint density at radius 2 is 1.94 bits per heavy atom. The van der Waals surface area contributed by atoms with Crippen molar-refractivity contribution in [2.45, 2.75) is 84.0 Å². The molecule has 1 saturated heterocycles. The Kier molecular flexibility index (Phi) is 4.66. The molecule has 0 aromatic heterocycles. The summed E-state index contributed by atoms with van der Waals surface area (Å²) in [6.07, 6.45) is 9.08. The molecule has 1 saturated carbocycles. The maximum Gasteiger partial charge on any atom is 0.240 e. The van der Waals surface area contributed by atoms with E-state index in [1.807, 2.05) is 6.92 Å². The summed E-state index contributed by atoms with van der Waals surface area (Å²) in [5.41, 5.74) is 0. The number of hydrogen-bond acceptors (Lipinski definition) is 2. The Bertz CT molecular complexity index is 286. The Morgan fingerprint density at radius 1 is 1.28 bits per heavy atom. The highest BCUT2D eigenvalue weighted by Crippen LogP contribution is 2.33. The smallest absolute Gasteiger partial charge is 0.240 e. The fraction of sp³-hybridized carbons (Fsp3) is 0.933. The molecule has 0 aromatic rings. The van der Waals surface area contributed by atoms with Gasteiger partial charge in [0.25, 0.3) is 0 Å². The maximum atomic E-state index is 12.4. The Morgan fingerprint density at radius 3 is 2.50 bits per heavy atom. The molecule has 0 bridgehead atoms. The molecule has 0 radical (unpaired) electrons. The maximum absolute atomic E-state index is 12.4. The molecule has 2 rings (SSSR count). The second-order valence-corrected chi connectivity index (χ2v) is 5.93. The lowest BCUT2D eigenvalue weighted by atomic mass is 9.82. The zero-order valence-corrected chi connectivity index (χ0v) is 12.1. The van der Waals surface area contributed by atoms with Crippen molar-refractivity contribution in [2.75, 3.05) is 0 Å². The molecular formula is C15H28N2O. The molecule has 1 N–H and O–H groups in total. The normalized spacial score (nSPS) is 31.9. The highest BCUT2D eigenvalue weighted by molar-refractivity contribution is 5.84. The van der Waals surface area contributed by atoms with Crippen LogP contribution in [0.15, 0.2) is 0 Å². The molecule has 3 heteroatoms. The van der Waals surface area contributed by atoms with Gasteiger partial charge in [0.15, 0.2) is 0 Å². The van der Waals surface area contributed by atoms with E-state index in [9.17, 15) is 4.79 Å². The minimum atomic E-state index is 0.00703. The van der Waals surface area contributed by atoms with Gasteiger partial charge >= 0.3 is 0 Å². The third kappa shape index (κ3) is 2.56. The summed E-state index contributed by atoms with van der Waals surface area (Å²) in [5, 5.41) is 3.43. The van der Waals surface area contributed by atoms with Gasteiger partial charge < -0.3 is 4.90 Å². The van der Waals surface area contributed by atoms with Crippen molar-refractivity contribution in [3.63, 3.8) is 0 Å². The third-order valence-corrected chi connectivity index (χ3v) is 4.76. The van der Waals surface area contributed by atoms with Crippen LogP contribution in [0.5, 0.6) is 0 Å². The van der Waals surface area contributed by atoms with E-state index in [4.69, 9.17) is 0 Å². The first-order valence-electron chi connectivity index (χ1n) is 7.77. The summed E-state index contributed by atoms with van der Waals surface area (Å²) < 4.78 is 0. The lowest BCUT2D eigenvalue weighted by molar-refractivity contribution is -0.133. The van der Waals surface area contributed by atoms with E-state index in [1.54, 1.807) is 0 Å². The highest BCUT2D eigenvalue weighted by Gasteiger charge is 2.41. The van der Waals surface area contributed by atoms with E-state index in [2.05, 4.69) is 24.1 Å². The van der Waals surface area contributed by atoms with Crippen molar-refractivity contribution >= 4 is 5.91 Å². The van der Waals surface area contributed by atoms with Crippen LogP contribution in [0.25, 0.3) is 0 Å². The van der Waals surface area contributed by atoms with Gasteiger partial charge in [-0.25, -0.2) is 0 Å².